The fourth-order valence-electron chi connectivity index (χ4n) is 1.86. The molecule has 0 fully saturated rings. The quantitative estimate of drug-likeness (QED) is 0.882. The fraction of sp³-hybridized carbons (Fsp3) is 0.385. The van der Waals surface area contributed by atoms with Crippen molar-refractivity contribution in [3.8, 4) is 0 Å². The molecular weight excluding hydrogens is 340 g/mol. The third-order valence-corrected chi connectivity index (χ3v) is 4.51. The number of nitrogens with two attached hydrogens (primary N) is 1. The summed E-state index contributed by atoms with van der Waals surface area (Å²) in [5, 5.41) is 7.21. The highest BCUT2D eigenvalue weighted by Gasteiger charge is 2.13. The average Bonchev–Trinajstić information content (AvgIpc) is 2.70. The van der Waals surface area contributed by atoms with E-state index in [2.05, 4.69) is 26.1 Å². The standard InChI is InChI=1S/C13H17BrN4OS/c1-7(2)18-12(19)16-17-13(18)20-9-4-5-10(8(3)15)11(14)6-9/h4-8H,15H2,1-3H3,(H,16,19). The largest absolute Gasteiger partial charge is 0.344 e. The van der Waals surface area contributed by atoms with Crippen molar-refractivity contribution in [3.63, 3.8) is 0 Å². The van der Waals surface area contributed by atoms with Gasteiger partial charge in [0.25, 0.3) is 0 Å². The first kappa shape index (κ1) is 15.3. The van der Waals surface area contributed by atoms with Crippen LogP contribution in [-0.2, 0) is 0 Å². The molecule has 0 aliphatic carbocycles. The molecule has 108 valence electrons. The maximum Gasteiger partial charge on any atom is 0.344 e. The molecule has 20 heavy (non-hydrogen) atoms. The van der Waals surface area contributed by atoms with Gasteiger partial charge in [-0.15, -0.1) is 5.10 Å². The number of benzene rings is 1. The Morgan fingerprint density at radius 1 is 1.40 bits per heavy atom. The monoisotopic (exact) mass is 356 g/mol. The van der Waals surface area contributed by atoms with E-state index in [0.717, 1.165) is 14.9 Å². The van der Waals surface area contributed by atoms with Gasteiger partial charge in [0.05, 0.1) is 0 Å². The van der Waals surface area contributed by atoms with Crippen LogP contribution < -0.4 is 11.4 Å². The van der Waals surface area contributed by atoms with Gasteiger partial charge in [0.15, 0.2) is 5.16 Å². The molecule has 0 amide bonds. The van der Waals surface area contributed by atoms with Gasteiger partial charge in [-0.1, -0.05) is 22.0 Å². The first-order valence-electron chi connectivity index (χ1n) is 6.30. The summed E-state index contributed by atoms with van der Waals surface area (Å²) in [7, 11) is 0. The lowest BCUT2D eigenvalue weighted by Crippen LogP contribution is -2.19. The van der Waals surface area contributed by atoms with Crippen LogP contribution in [0.2, 0.25) is 0 Å². The summed E-state index contributed by atoms with van der Waals surface area (Å²) in [5.41, 5.74) is 6.75. The number of H-pyrrole nitrogens is 1. The van der Waals surface area contributed by atoms with E-state index in [-0.39, 0.29) is 17.8 Å². The van der Waals surface area contributed by atoms with Crippen LogP contribution in [0, 0.1) is 0 Å². The molecule has 1 aromatic heterocycles. The highest BCUT2D eigenvalue weighted by Crippen LogP contribution is 2.31. The Labute approximate surface area is 130 Å². The van der Waals surface area contributed by atoms with Crippen molar-refractivity contribution in [1.29, 1.82) is 0 Å². The molecule has 3 N–H and O–H groups in total. The second-order valence-corrected chi connectivity index (χ2v) is 6.74. The van der Waals surface area contributed by atoms with Gasteiger partial charge in [-0.05, 0) is 50.2 Å². The minimum atomic E-state index is -0.186. The number of hydrogen-bond donors (Lipinski definition) is 2. The Balaban J connectivity index is 2.32. The molecule has 1 aromatic carbocycles. The predicted octanol–water partition coefficient (Wildman–Crippen LogP) is 3.09. The molecule has 1 atom stereocenters. The molecule has 0 aliphatic rings. The number of halogens is 1. The molecule has 0 aliphatic heterocycles. The van der Waals surface area contributed by atoms with Crippen molar-refractivity contribution < 1.29 is 0 Å². The van der Waals surface area contributed by atoms with Gasteiger partial charge in [-0.25, -0.2) is 9.89 Å². The molecule has 2 rings (SSSR count). The number of nitrogens with one attached hydrogen (secondary N) is 1. The Kier molecular flexibility index (Phi) is 4.72. The SMILES string of the molecule is CC(N)c1ccc(Sc2n[nH]c(=O)n2C(C)C)cc1Br. The summed E-state index contributed by atoms with van der Waals surface area (Å²) in [6.45, 7) is 5.85. The third-order valence-electron chi connectivity index (χ3n) is 2.86. The minimum absolute atomic E-state index is 0.0253. The lowest BCUT2D eigenvalue weighted by molar-refractivity contribution is 0.534. The zero-order chi connectivity index (χ0) is 14.9. The first-order chi connectivity index (χ1) is 9.40. The molecule has 0 bridgehead atoms. The first-order valence-corrected chi connectivity index (χ1v) is 7.91. The van der Waals surface area contributed by atoms with Crippen LogP contribution in [0.1, 0.15) is 38.4 Å². The maximum atomic E-state index is 11.7. The Morgan fingerprint density at radius 2 is 2.10 bits per heavy atom. The van der Waals surface area contributed by atoms with Crippen LogP contribution in [0.3, 0.4) is 0 Å². The lowest BCUT2D eigenvalue weighted by atomic mass is 10.1. The van der Waals surface area contributed by atoms with Gasteiger partial charge < -0.3 is 5.73 Å². The fourth-order valence-corrected chi connectivity index (χ4v) is 3.76. The molecule has 2 aromatic rings. The normalized spacial score (nSPS) is 12.9. The van der Waals surface area contributed by atoms with E-state index in [9.17, 15) is 4.79 Å². The van der Waals surface area contributed by atoms with Crippen molar-refractivity contribution in [3.05, 3.63) is 38.7 Å². The molecule has 1 unspecified atom stereocenters. The van der Waals surface area contributed by atoms with Gasteiger partial charge in [-0.2, -0.15) is 0 Å². The van der Waals surface area contributed by atoms with Gasteiger partial charge in [0, 0.05) is 21.5 Å². The molecular formula is C13H17BrN4OS. The number of rotatable bonds is 4. The zero-order valence-electron chi connectivity index (χ0n) is 11.6. The van der Waals surface area contributed by atoms with Crippen molar-refractivity contribution >= 4 is 27.7 Å². The molecule has 0 saturated heterocycles. The smallest absolute Gasteiger partial charge is 0.324 e. The van der Waals surface area contributed by atoms with E-state index in [1.54, 1.807) is 4.57 Å². The molecule has 0 spiro atoms. The number of aromatic nitrogens is 3. The van der Waals surface area contributed by atoms with E-state index in [4.69, 9.17) is 5.73 Å². The Hall–Kier alpha value is -1.05. The average molecular weight is 357 g/mol. The second kappa shape index (κ2) is 6.15. The highest BCUT2D eigenvalue weighted by atomic mass is 79.9. The van der Waals surface area contributed by atoms with E-state index in [1.807, 2.05) is 39.0 Å². The van der Waals surface area contributed by atoms with Gasteiger partial charge in [0.1, 0.15) is 0 Å². The second-order valence-electron chi connectivity index (χ2n) is 4.85. The molecule has 5 nitrogen and oxygen atoms in total. The van der Waals surface area contributed by atoms with Crippen LogP contribution in [0.25, 0.3) is 0 Å². The number of hydrogen-bond acceptors (Lipinski definition) is 4. The molecule has 1 heterocycles. The summed E-state index contributed by atoms with van der Waals surface area (Å²) < 4.78 is 2.60. The van der Waals surface area contributed by atoms with E-state index in [0.29, 0.717) is 5.16 Å². The summed E-state index contributed by atoms with van der Waals surface area (Å²) >= 11 is 4.97. The Morgan fingerprint density at radius 3 is 2.65 bits per heavy atom. The molecule has 7 heteroatoms. The van der Waals surface area contributed by atoms with Crippen molar-refractivity contribution in [1.82, 2.24) is 14.8 Å². The Bertz CT molecular complexity index is 663. The van der Waals surface area contributed by atoms with E-state index in [1.165, 1.54) is 11.8 Å². The van der Waals surface area contributed by atoms with Crippen LogP contribution >= 0.6 is 27.7 Å². The van der Waals surface area contributed by atoms with Crippen molar-refractivity contribution in [2.24, 2.45) is 5.73 Å². The lowest BCUT2D eigenvalue weighted by Gasteiger charge is -2.11. The summed E-state index contributed by atoms with van der Waals surface area (Å²) in [5.74, 6) is 0. The van der Waals surface area contributed by atoms with Crippen molar-refractivity contribution in [2.75, 3.05) is 0 Å². The van der Waals surface area contributed by atoms with Crippen LogP contribution in [-0.4, -0.2) is 14.8 Å². The van der Waals surface area contributed by atoms with Crippen LogP contribution in [0.15, 0.2) is 37.5 Å². The van der Waals surface area contributed by atoms with Gasteiger partial charge in [-0.3, -0.25) is 4.57 Å². The summed E-state index contributed by atoms with van der Waals surface area (Å²) in [6, 6.07) is 6.00. The van der Waals surface area contributed by atoms with Gasteiger partial charge >= 0.3 is 5.69 Å². The number of aromatic amines is 1. The van der Waals surface area contributed by atoms with Crippen LogP contribution in [0.4, 0.5) is 0 Å². The minimum Gasteiger partial charge on any atom is -0.324 e. The van der Waals surface area contributed by atoms with Gasteiger partial charge in [0.2, 0.25) is 0 Å². The summed E-state index contributed by atoms with van der Waals surface area (Å²) in [4.78, 5) is 12.7. The predicted molar refractivity (Wildman–Crippen MR) is 84.1 cm³/mol. The third kappa shape index (κ3) is 3.16. The molecule has 0 saturated carbocycles. The maximum absolute atomic E-state index is 11.7. The van der Waals surface area contributed by atoms with Crippen LogP contribution in [0.5, 0.6) is 0 Å². The van der Waals surface area contributed by atoms with Crippen molar-refractivity contribution in [2.45, 2.75) is 42.9 Å². The zero-order valence-corrected chi connectivity index (χ0v) is 14.0. The van der Waals surface area contributed by atoms with E-state index >= 15 is 0 Å². The number of nitrogens with zero attached hydrogens (tertiary/aromatic N) is 2. The topological polar surface area (TPSA) is 76.7 Å². The van der Waals surface area contributed by atoms with E-state index < -0.39 is 0 Å². The summed E-state index contributed by atoms with van der Waals surface area (Å²) in [6.07, 6.45) is 0. The highest BCUT2D eigenvalue weighted by molar-refractivity contribution is 9.10. The molecule has 0 radical (unpaired) electrons.